The molecule has 0 saturated carbocycles. The number of hydrogen-bond acceptors (Lipinski definition) is 4. The van der Waals surface area contributed by atoms with Crippen LogP contribution in [0.25, 0.3) is 11.1 Å². The number of aliphatic carboxylic acids is 1. The number of amides is 1. The van der Waals surface area contributed by atoms with E-state index in [9.17, 15) is 14.7 Å². The zero-order valence-corrected chi connectivity index (χ0v) is 17.6. The molecule has 0 aliphatic carbocycles. The van der Waals surface area contributed by atoms with Gasteiger partial charge in [-0.3, -0.25) is 0 Å². The highest BCUT2D eigenvalue weighted by Crippen LogP contribution is 2.28. The van der Waals surface area contributed by atoms with Gasteiger partial charge in [0.1, 0.15) is 5.60 Å². The number of carboxylic acids is 1. The second-order valence-electron chi connectivity index (χ2n) is 8.30. The Hall–Kier alpha value is -2.86. The first kappa shape index (κ1) is 22.4. The maximum atomic E-state index is 12.3. The molecule has 6 nitrogen and oxygen atoms in total. The Morgan fingerprint density at radius 3 is 2.00 bits per heavy atom. The number of carbonyl (C=O) groups excluding carboxylic acids is 1. The van der Waals surface area contributed by atoms with E-state index in [-0.39, 0.29) is 6.61 Å². The fraction of sp³-hybridized carbons (Fsp3) is 0.391. The third kappa shape index (κ3) is 6.91. The van der Waals surface area contributed by atoms with Gasteiger partial charge in [0, 0.05) is 0 Å². The Morgan fingerprint density at radius 2 is 1.48 bits per heavy atom. The van der Waals surface area contributed by atoms with Crippen LogP contribution >= 0.6 is 0 Å². The zero-order chi connectivity index (χ0) is 21.7. The average Bonchev–Trinajstić information content (AvgIpc) is 2.64. The predicted molar refractivity (Wildman–Crippen MR) is 112 cm³/mol. The Balaban J connectivity index is 2.03. The maximum absolute atomic E-state index is 12.3. The molecule has 6 heteroatoms. The number of nitrogens with one attached hydrogen (secondary N) is 1. The number of hydrogen-bond donors (Lipinski definition) is 2. The smallest absolute Gasteiger partial charge is 0.408 e. The first-order valence-electron chi connectivity index (χ1n) is 9.50. The molecule has 0 aliphatic rings. The molecule has 29 heavy (non-hydrogen) atoms. The van der Waals surface area contributed by atoms with Gasteiger partial charge in [0.05, 0.1) is 12.2 Å². The lowest BCUT2D eigenvalue weighted by Crippen LogP contribution is -2.47. The molecular weight excluding hydrogens is 370 g/mol. The monoisotopic (exact) mass is 399 g/mol. The molecule has 2 aromatic rings. The Labute approximate surface area is 171 Å². The Morgan fingerprint density at radius 1 is 0.931 bits per heavy atom. The lowest BCUT2D eigenvalue weighted by Gasteiger charge is -2.28. The minimum atomic E-state index is -1.20. The van der Waals surface area contributed by atoms with Gasteiger partial charge in [0.15, 0.2) is 6.04 Å². The maximum Gasteiger partial charge on any atom is 0.408 e. The highest BCUT2D eigenvalue weighted by Gasteiger charge is 2.29. The van der Waals surface area contributed by atoms with E-state index in [0.717, 1.165) is 16.7 Å². The molecule has 1 atom stereocenters. The molecule has 1 amide bonds. The van der Waals surface area contributed by atoms with Gasteiger partial charge in [-0.1, -0.05) is 54.6 Å². The van der Waals surface area contributed by atoms with Crippen LogP contribution in [0.2, 0.25) is 0 Å². The van der Waals surface area contributed by atoms with Crippen molar-refractivity contribution < 1.29 is 24.2 Å². The van der Waals surface area contributed by atoms with E-state index < -0.39 is 29.3 Å². The lowest BCUT2D eigenvalue weighted by atomic mass is 9.95. The van der Waals surface area contributed by atoms with E-state index in [2.05, 4.69) is 5.32 Å². The van der Waals surface area contributed by atoms with Crippen molar-refractivity contribution >= 4 is 12.1 Å². The molecule has 156 valence electrons. The Bertz CT molecular complexity index is 823. The van der Waals surface area contributed by atoms with Gasteiger partial charge in [-0.25, -0.2) is 9.59 Å². The van der Waals surface area contributed by atoms with E-state index in [1.807, 2.05) is 75.4 Å². The molecular formula is C23H29NO5. The van der Waals surface area contributed by atoms with Gasteiger partial charge in [-0.15, -0.1) is 0 Å². The van der Waals surface area contributed by atoms with Crippen molar-refractivity contribution in [1.82, 2.24) is 5.32 Å². The van der Waals surface area contributed by atoms with Crippen LogP contribution in [0.4, 0.5) is 4.79 Å². The number of carbonyl (C=O) groups is 2. The topological polar surface area (TPSA) is 84.9 Å². The molecule has 0 saturated heterocycles. The highest BCUT2D eigenvalue weighted by atomic mass is 16.6. The summed E-state index contributed by atoms with van der Waals surface area (Å²) in [6.45, 7) is 8.79. The molecule has 0 spiro atoms. The van der Waals surface area contributed by atoms with Gasteiger partial charge in [-0.2, -0.15) is 0 Å². The molecule has 0 unspecified atom stereocenters. The first-order valence-corrected chi connectivity index (χ1v) is 9.50. The van der Waals surface area contributed by atoms with Crippen LogP contribution in [0.3, 0.4) is 0 Å². The SMILES string of the molecule is CC(C)(C)OC[C@@H](NC(=O)OC(C)(C)c1ccc(-c2ccccc2)cc1)C(=O)O. The van der Waals surface area contributed by atoms with Gasteiger partial charge in [0.25, 0.3) is 0 Å². The van der Waals surface area contributed by atoms with E-state index in [4.69, 9.17) is 9.47 Å². The molecule has 2 aromatic carbocycles. The van der Waals surface area contributed by atoms with E-state index >= 15 is 0 Å². The van der Waals surface area contributed by atoms with Gasteiger partial charge in [0.2, 0.25) is 0 Å². The second kappa shape index (κ2) is 9.09. The summed E-state index contributed by atoms with van der Waals surface area (Å²) >= 11 is 0. The number of alkyl carbamates (subject to hydrolysis) is 1. The predicted octanol–water partition coefficient (Wildman–Crippen LogP) is 4.58. The fourth-order valence-electron chi connectivity index (χ4n) is 2.67. The molecule has 0 bridgehead atoms. The first-order chi connectivity index (χ1) is 13.5. The van der Waals surface area contributed by atoms with Crippen LogP contribution < -0.4 is 5.32 Å². The average molecular weight is 399 g/mol. The van der Waals surface area contributed by atoms with Crippen LogP contribution in [0.5, 0.6) is 0 Å². The van der Waals surface area contributed by atoms with Gasteiger partial charge < -0.3 is 19.9 Å². The summed E-state index contributed by atoms with van der Waals surface area (Å²) in [5.41, 5.74) is 1.50. The number of ether oxygens (including phenoxy) is 2. The number of benzene rings is 2. The quantitative estimate of drug-likeness (QED) is 0.712. The molecule has 0 radical (unpaired) electrons. The van der Waals surface area contributed by atoms with Gasteiger partial charge in [-0.05, 0) is 51.3 Å². The van der Waals surface area contributed by atoms with Crippen molar-refractivity contribution in [3.8, 4) is 11.1 Å². The fourth-order valence-corrected chi connectivity index (χ4v) is 2.67. The van der Waals surface area contributed by atoms with E-state index in [0.29, 0.717) is 0 Å². The standard InChI is InChI=1S/C23H29NO5/c1-22(2,3)28-15-19(20(25)26)24-21(27)29-23(4,5)18-13-11-17(12-14-18)16-9-7-6-8-10-16/h6-14,19H,15H2,1-5H3,(H,24,27)(H,25,26)/t19-/m1/s1. The normalized spacial score (nSPS) is 12.9. The zero-order valence-electron chi connectivity index (χ0n) is 17.6. The van der Waals surface area contributed by atoms with Crippen molar-refractivity contribution in [3.05, 3.63) is 60.2 Å². The van der Waals surface area contributed by atoms with Crippen molar-refractivity contribution in [2.24, 2.45) is 0 Å². The van der Waals surface area contributed by atoms with Crippen molar-refractivity contribution in [3.63, 3.8) is 0 Å². The molecule has 0 heterocycles. The van der Waals surface area contributed by atoms with E-state index in [1.165, 1.54) is 0 Å². The summed E-state index contributed by atoms with van der Waals surface area (Å²) in [6.07, 6.45) is -0.813. The minimum absolute atomic E-state index is 0.153. The molecule has 2 N–H and O–H groups in total. The van der Waals surface area contributed by atoms with Crippen LogP contribution in [-0.2, 0) is 19.9 Å². The minimum Gasteiger partial charge on any atom is -0.480 e. The molecule has 0 aromatic heterocycles. The number of rotatable bonds is 7. The summed E-state index contributed by atoms with van der Waals surface area (Å²) in [7, 11) is 0. The molecule has 0 aliphatic heterocycles. The molecule has 0 fully saturated rings. The summed E-state index contributed by atoms with van der Waals surface area (Å²) in [5, 5.41) is 11.7. The van der Waals surface area contributed by atoms with Crippen LogP contribution in [0.1, 0.15) is 40.2 Å². The van der Waals surface area contributed by atoms with Crippen molar-refractivity contribution in [2.75, 3.05) is 6.61 Å². The summed E-state index contributed by atoms with van der Waals surface area (Å²) in [5.74, 6) is -1.18. The summed E-state index contributed by atoms with van der Waals surface area (Å²) in [4.78, 5) is 23.7. The highest BCUT2D eigenvalue weighted by molar-refractivity contribution is 5.80. The van der Waals surface area contributed by atoms with Crippen LogP contribution in [-0.4, -0.2) is 35.4 Å². The van der Waals surface area contributed by atoms with Crippen LogP contribution in [0, 0.1) is 0 Å². The van der Waals surface area contributed by atoms with Crippen molar-refractivity contribution in [1.29, 1.82) is 0 Å². The third-order valence-corrected chi connectivity index (χ3v) is 4.31. The van der Waals surface area contributed by atoms with Crippen LogP contribution in [0.15, 0.2) is 54.6 Å². The van der Waals surface area contributed by atoms with Crippen molar-refractivity contribution in [2.45, 2.75) is 51.9 Å². The largest absolute Gasteiger partial charge is 0.480 e. The second-order valence-corrected chi connectivity index (χ2v) is 8.30. The van der Waals surface area contributed by atoms with Gasteiger partial charge >= 0.3 is 12.1 Å². The number of carboxylic acid groups (broad SMARTS) is 1. The Kier molecular flexibility index (Phi) is 7.03. The third-order valence-electron chi connectivity index (χ3n) is 4.31. The summed E-state index contributed by atoms with van der Waals surface area (Å²) < 4.78 is 11.0. The lowest BCUT2D eigenvalue weighted by molar-refractivity contribution is -0.142. The van der Waals surface area contributed by atoms with E-state index in [1.54, 1.807) is 13.8 Å². The molecule has 2 rings (SSSR count). The summed E-state index contributed by atoms with van der Waals surface area (Å²) in [6, 6.07) is 16.5.